The van der Waals surface area contributed by atoms with Gasteiger partial charge in [0, 0.05) is 26.6 Å². The number of amides is 1. The minimum atomic E-state index is -3.49. The second kappa shape index (κ2) is 10.2. The highest BCUT2D eigenvalue weighted by Gasteiger charge is 2.19. The first-order valence-electron chi connectivity index (χ1n) is 9.23. The summed E-state index contributed by atoms with van der Waals surface area (Å²) in [4.78, 5) is 12.2. The molecule has 0 bridgehead atoms. The van der Waals surface area contributed by atoms with Crippen LogP contribution in [0.25, 0.3) is 0 Å². The molecule has 0 aliphatic rings. The Labute approximate surface area is 162 Å². The lowest BCUT2D eigenvalue weighted by atomic mass is 10.1. The fraction of sp³-hybridized carbons (Fsp3) is 0.381. The van der Waals surface area contributed by atoms with Crippen molar-refractivity contribution in [2.45, 2.75) is 37.5 Å². The SMILES string of the molecule is Cc1ccc(CCCNC(=O)CCCN(C)S(=O)(=O)c2ccccc2)cc1. The third-order valence-electron chi connectivity index (χ3n) is 4.41. The number of hydrogen-bond acceptors (Lipinski definition) is 3. The molecular weight excluding hydrogens is 360 g/mol. The van der Waals surface area contributed by atoms with Crippen LogP contribution in [0.4, 0.5) is 0 Å². The van der Waals surface area contributed by atoms with Gasteiger partial charge in [0.15, 0.2) is 0 Å². The lowest BCUT2D eigenvalue weighted by Gasteiger charge is -2.17. The predicted molar refractivity (Wildman–Crippen MR) is 108 cm³/mol. The Morgan fingerprint density at radius 2 is 1.67 bits per heavy atom. The summed E-state index contributed by atoms with van der Waals surface area (Å²) in [5.74, 6) is -0.0376. The summed E-state index contributed by atoms with van der Waals surface area (Å²) in [6, 6.07) is 16.7. The summed E-state index contributed by atoms with van der Waals surface area (Å²) in [5.41, 5.74) is 2.51. The molecule has 0 aliphatic carbocycles. The smallest absolute Gasteiger partial charge is 0.242 e. The molecule has 6 heteroatoms. The molecule has 0 spiro atoms. The quantitative estimate of drug-likeness (QED) is 0.636. The zero-order valence-corrected chi connectivity index (χ0v) is 16.8. The molecule has 0 aliphatic heterocycles. The summed E-state index contributed by atoms with van der Waals surface area (Å²) in [6.45, 7) is 3.01. The number of hydrogen-bond donors (Lipinski definition) is 1. The third kappa shape index (κ3) is 6.81. The van der Waals surface area contributed by atoms with Crippen LogP contribution in [0.15, 0.2) is 59.5 Å². The Kier molecular flexibility index (Phi) is 8.00. The zero-order valence-electron chi connectivity index (χ0n) is 16.0. The van der Waals surface area contributed by atoms with E-state index in [9.17, 15) is 13.2 Å². The van der Waals surface area contributed by atoms with Crippen molar-refractivity contribution < 1.29 is 13.2 Å². The van der Waals surface area contributed by atoms with Gasteiger partial charge in [-0.1, -0.05) is 48.0 Å². The molecule has 2 aromatic carbocycles. The van der Waals surface area contributed by atoms with Gasteiger partial charge in [-0.3, -0.25) is 4.79 Å². The largest absolute Gasteiger partial charge is 0.356 e. The molecule has 27 heavy (non-hydrogen) atoms. The average molecular weight is 389 g/mol. The average Bonchev–Trinajstić information content (AvgIpc) is 2.67. The van der Waals surface area contributed by atoms with Crippen molar-refractivity contribution in [2.75, 3.05) is 20.1 Å². The van der Waals surface area contributed by atoms with Gasteiger partial charge in [0.05, 0.1) is 4.90 Å². The molecular formula is C21H28N2O3S. The Bertz CT molecular complexity index is 818. The van der Waals surface area contributed by atoms with Crippen molar-refractivity contribution in [1.82, 2.24) is 9.62 Å². The normalized spacial score (nSPS) is 11.5. The van der Waals surface area contributed by atoms with Crippen LogP contribution in [0.1, 0.15) is 30.4 Å². The number of rotatable bonds is 10. The van der Waals surface area contributed by atoms with Crippen LogP contribution in [-0.4, -0.2) is 38.8 Å². The van der Waals surface area contributed by atoms with E-state index in [0.717, 1.165) is 12.8 Å². The van der Waals surface area contributed by atoms with Crippen LogP contribution in [0.2, 0.25) is 0 Å². The van der Waals surface area contributed by atoms with E-state index in [1.54, 1.807) is 37.4 Å². The van der Waals surface area contributed by atoms with Crippen LogP contribution in [0.3, 0.4) is 0 Å². The minimum absolute atomic E-state index is 0.0376. The van der Waals surface area contributed by atoms with Gasteiger partial charge < -0.3 is 5.32 Å². The van der Waals surface area contributed by atoms with Gasteiger partial charge in [-0.05, 0) is 43.9 Å². The van der Waals surface area contributed by atoms with Crippen LogP contribution in [0.5, 0.6) is 0 Å². The first kappa shape index (κ1) is 21.1. The van der Waals surface area contributed by atoms with Crippen LogP contribution < -0.4 is 5.32 Å². The molecule has 0 heterocycles. The van der Waals surface area contributed by atoms with Crippen molar-refractivity contribution in [1.29, 1.82) is 0 Å². The van der Waals surface area contributed by atoms with E-state index in [-0.39, 0.29) is 10.8 Å². The first-order chi connectivity index (χ1) is 12.9. The van der Waals surface area contributed by atoms with Crippen molar-refractivity contribution in [3.05, 3.63) is 65.7 Å². The van der Waals surface area contributed by atoms with Crippen molar-refractivity contribution in [3.63, 3.8) is 0 Å². The molecule has 0 aromatic heterocycles. The van der Waals surface area contributed by atoms with E-state index < -0.39 is 10.0 Å². The van der Waals surface area contributed by atoms with E-state index in [1.807, 2.05) is 0 Å². The maximum Gasteiger partial charge on any atom is 0.242 e. The minimum Gasteiger partial charge on any atom is -0.356 e. The molecule has 2 rings (SSSR count). The highest BCUT2D eigenvalue weighted by Crippen LogP contribution is 2.14. The number of benzene rings is 2. The molecule has 0 radical (unpaired) electrons. The van der Waals surface area contributed by atoms with Gasteiger partial charge in [-0.15, -0.1) is 0 Å². The second-order valence-electron chi connectivity index (χ2n) is 6.68. The molecule has 146 valence electrons. The highest BCUT2D eigenvalue weighted by molar-refractivity contribution is 7.89. The Morgan fingerprint density at radius 1 is 1.00 bits per heavy atom. The van der Waals surface area contributed by atoms with E-state index >= 15 is 0 Å². The fourth-order valence-electron chi connectivity index (χ4n) is 2.72. The topological polar surface area (TPSA) is 66.5 Å². The van der Waals surface area contributed by atoms with E-state index in [4.69, 9.17) is 0 Å². The molecule has 2 aromatic rings. The number of nitrogens with one attached hydrogen (secondary N) is 1. The summed E-state index contributed by atoms with van der Waals surface area (Å²) in [6.07, 6.45) is 2.63. The molecule has 0 fully saturated rings. The summed E-state index contributed by atoms with van der Waals surface area (Å²) in [7, 11) is -1.95. The van der Waals surface area contributed by atoms with Gasteiger partial charge in [0.2, 0.25) is 15.9 Å². The lowest BCUT2D eigenvalue weighted by Crippen LogP contribution is -2.30. The maximum absolute atomic E-state index is 12.4. The molecule has 1 amide bonds. The number of sulfonamides is 1. The monoisotopic (exact) mass is 388 g/mol. The number of aryl methyl sites for hydroxylation is 2. The Morgan fingerprint density at radius 3 is 2.33 bits per heavy atom. The van der Waals surface area contributed by atoms with Crippen LogP contribution >= 0.6 is 0 Å². The Hall–Kier alpha value is -2.18. The summed E-state index contributed by atoms with van der Waals surface area (Å²) >= 11 is 0. The van der Waals surface area contributed by atoms with Gasteiger partial charge in [-0.2, -0.15) is 0 Å². The van der Waals surface area contributed by atoms with Gasteiger partial charge in [0.1, 0.15) is 0 Å². The third-order valence-corrected chi connectivity index (χ3v) is 6.28. The second-order valence-corrected chi connectivity index (χ2v) is 8.73. The van der Waals surface area contributed by atoms with Gasteiger partial charge in [0.25, 0.3) is 0 Å². The van der Waals surface area contributed by atoms with E-state index in [1.165, 1.54) is 15.4 Å². The standard InChI is InChI=1S/C21H28N2O3S/c1-18-12-14-19(15-13-18)8-6-16-22-21(24)11-7-17-23(2)27(25,26)20-9-4-3-5-10-20/h3-5,9-10,12-15H,6-8,11,16-17H2,1-2H3,(H,22,24). The van der Waals surface area contributed by atoms with Crippen molar-refractivity contribution in [2.24, 2.45) is 0 Å². The van der Waals surface area contributed by atoms with E-state index in [2.05, 4.69) is 36.5 Å². The Balaban J connectivity index is 1.64. The molecule has 1 N–H and O–H groups in total. The molecule has 5 nitrogen and oxygen atoms in total. The lowest BCUT2D eigenvalue weighted by molar-refractivity contribution is -0.121. The molecule has 0 saturated heterocycles. The predicted octanol–water partition coefficient (Wildman–Crippen LogP) is 3.14. The summed E-state index contributed by atoms with van der Waals surface area (Å²) in [5, 5.41) is 2.90. The van der Waals surface area contributed by atoms with Gasteiger partial charge >= 0.3 is 0 Å². The van der Waals surface area contributed by atoms with Crippen molar-refractivity contribution in [3.8, 4) is 0 Å². The van der Waals surface area contributed by atoms with Gasteiger partial charge in [-0.25, -0.2) is 12.7 Å². The zero-order chi connectivity index (χ0) is 19.7. The summed E-state index contributed by atoms with van der Waals surface area (Å²) < 4.78 is 26.1. The number of nitrogens with zero attached hydrogens (tertiary/aromatic N) is 1. The highest BCUT2D eigenvalue weighted by atomic mass is 32.2. The molecule has 0 atom stereocenters. The fourth-order valence-corrected chi connectivity index (χ4v) is 3.95. The number of carbonyl (C=O) groups excluding carboxylic acids is 1. The van der Waals surface area contributed by atoms with Crippen molar-refractivity contribution >= 4 is 15.9 Å². The molecule has 0 unspecified atom stereocenters. The maximum atomic E-state index is 12.4. The van der Waals surface area contributed by atoms with E-state index in [0.29, 0.717) is 25.9 Å². The first-order valence-corrected chi connectivity index (χ1v) is 10.7. The molecule has 0 saturated carbocycles. The van der Waals surface area contributed by atoms with Crippen LogP contribution in [0, 0.1) is 6.92 Å². The number of carbonyl (C=O) groups is 1. The van der Waals surface area contributed by atoms with Crippen LogP contribution in [-0.2, 0) is 21.2 Å².